The van der Waals surface area contributed by atoms with Crippen LogP contribution in [0, 0.1) is 0 Å². The number of allylic oxidation sites excluding steroid dienone is 1. The van der Waals surface area contributed by atoms with Gasteiger partial charge in [-0.25, -0.2) is 4.79 Å². The van der Waals surface area contributed by atoms with Crippen molar-refractivity contribution in [1.82, 2.24) is 0 Å². The van der Waals surface area contributed by atoms with Crippen LogP contribution in [0.3, 0.4) is 0 Å². The summed E-state index contributed by atoms with van der Waals surface area (Å²) in [5, 5.41) is 0. The van der Waals surface area contributed by atoms with Gasteiger partial charge in [0.25, 0.3) is 0 Å². The van der Waals surface area contributed by atoms with Crippen LogP contribution < -0.4 is 14.2 Å². The van der Waals surface area contributed by atoms with Gasteiger partial charge >= 0.3 is 5.97 Å². The molecule has 0 aliphatic heterocycles. The highest BCUT2D eigenvalue weighted by Crippen LogP contribution is 2.28. The highest BCUT2D eigenvalue weighted by Gasteiger charge is 2.06. The summed E-state index contributed by atoms with van der Waals surface area (Å²) in [5.41, 5.74) is 2.19. The molecule has 0 unspecified atom stereocenters. The lowest BCUT2D eigenvalue weighted by atomic mass is 10.1. The van der Waals surface area contributed by atoms with Gasteiger partial charge in [0.2, 0.25) is 0 Å². The molecule has 3 rings (SSSR count). The predicted octanol–water partition coefficient (Wildman–Crippen LogP) is 5.22. The fraction of sp³-hybridized carbons (Fsp3) is 0.0769. The van der Waals surface area contributed by atoms with Gasteiger partial charge < -0.3 is 14.2 Å². The summed E-state index contributed by atoms with van der Waals surface area (Å²) in [5.74, 6) is 0.912. The molecule has 0 aliphatic rings. The van der Waals surface area contributed by atoms with Crippen molar-refractivity contribution in [1.29, 1.82) is 0 Å². The molecule has 5 heteroatoms. The van der Waals surface area contributed by atoms with E-state index in [9.17, 15) is 9.59 Å². The van der Waals surface area contributed by atoms with E-state index < -0.39 is 5.97 Å². The van der Waals surface area contributed by atoms with E-state index in [0.29, 0.717) is 22.8 Å². The van der Waals surface area contributed by atoms with Crippen LogP contribution in [0.25, 0.3) is 12.2 Å². The van der Waals surface area contributed by atoms with Crippen LogP contribution in [0.15, 0.2) is 84.9 Å². The topological polar surface area (TPSA) is 61.8 Å². The molecule has 0 N–H and O–H groups in total. The maximum atomic E-state index is 12.4. The number of benzene rings is 3. The SMILES string of the molecule is COc1ccc(/C=C/C(=O)c2ccc(OC(=O)/C=C/c3ccccc3)cc2)cc1OC. The van der Waals surface area contributed by atoms with Gasteiger partial charge in [0, 0.05) is 11.6 Å². The third kappa shape index (κ3) is 6.18. The van der Waals surface area contributed by atoms with E-state index in [1.165, 1.54) is 12.2 Å². The van der Waals surface area contributed by atoms with Crippen LogP contribution in [0.2, 0.25) is 0 Å². The Labute approximate surface area is 181 Å². The van der Waals surface area contributed by atoms with Crippen LogP contribution in [-0.2, 0) is 4.79 Å². The molecule has 31 heavy (non-hydrogen) atoms. The van der Waals surface area contributed by atoms with Crippen molar-refractivity contribution in [3.05, 3.63) is 102 Å². The largest absolute Gasteiger partial charge is 0.493 e. The highest BCUT2D eigenvalue weighted by molar-refractivity contribution is 6.06. The van der Waals surface area contributed by atoms with Gasteiger partial charge in [-0.15, -0.1) is 0 Å². The molecule has 0 fully saturated rings. The maximum absolute atomic E-state index is 12.4. The van der Waals surface area contributed by atoms with E-state index in [1.54, 1.807) is 62.8 Å². The van der Waals surface area contributed by atoms with Crippen LogP contribution >= 0.6 is 0 Å². The molecule has 0 bridgehead atoms. The van der Waals surface area contributed by atoms with E-state index in [2.05, 4.69) is 0 Å². The molecule has 0 aliphatic carbocycles. The zero-order chi connectivity index (χ0) is 22.1. The predicted molar refractivity (Wildman–Crippen MR) is 120 cm³/mol. The first kappa shape index (κ1) is 21.6. The van der Waals surface area contributed by atoms with Crippen LogP contribution in [0.1, 0.15) is 21.5 Å². The van der Waals surface area contributed by atoms with Crippen molar-refractivity contribution in [2.24, 2.45) is 0 Å². The van der Waals surface area contributed by atoms with Crippen LogP contribution in [-0.4, -0.2) is 26.0 Å². The second kappa shape index (κ2) is 10.6. The Kier molecular flexibility index (Phi) is 7.38. The molecule has 156 valence electrons. The first-order valence-electron chi connectivity index (χ1n) is 9.58. The van der Waals surface area contributed by atoms with Crippen molar-refractivity contribution in [3.63, 3.8) is 0 Å². The van der Waals surface area contributed by atoms with Gasteiger partial charge in [-0.2, -0.15) is 0 Å². The van der Waals surface area contributed by atoms with Crippen molar-refractivity contribution < 1.29 is 23.8 Å². The quantitative estimate of drug-likeness (QED) is 0.219. The fourth-order valence-electron chi connectivity index (χ4n) is 2.79. The number of hydrogen-bond acceptors (Lipinski definition) is 5. The summed E-state index contributed by atoms with van der Waals surface area (Å²) in [7, 11) is 3.12. The number of rotatable bonds is 8. The van der Waals surface area contributed by atoms with Gasteiger partial charge in [0.15, 0.2) is 17.3 Å². The van der Waals surface area contributed by atoms with E-state index in [1.807, 2.05) is 36.4 Å². The summed E-state index contributed by atoms with van der Waals surface area (Å²) in [6.07, 6.45) is 6.22. The van der Waals surface area contributed by atoms with Crippen LogP contribution in [0.4, 0.5) is 0 Å². The monoisotopic (exact) mass is 414 g/mol. The minimum atomic E-state index is -0.490. The van der Waals surface area contributed by atoms with Crippen molar-refractivity contribution in [3.8, 4) is 17.2 Å². The molecule has 5 nitrogen and oxygen atoms in total. The third-order valence-corrected chi connectivity index (χ3v) is 4.40. The molecule has 3 aromatic carbocycles. The standard InChI is InChI=1S/C26H22O5/c1-29-24-16-9-20(18-25(24)30-2)8-15-23(27)21-11-13-22(14-12-21)31-26(28)17-10-19-6-4-3-5-7-19/h3-18H,1-2H3/b15-8+,17-10+. The molecule has 3 aromatic rings. The molecule has 0 saturated heterocycles. The average Bonchev–Trinajstić information content (AvgIpc) is 2.82. The lowest BCUT2D eigenvalue weighted by molar-refractivity contribution is -0.128. The van der Waals surface area contributed by atoms with Gasteiger partial charge in [-0.05, 0) is 59.7 Å². The Morgan fingerprint density at radius 3 is 2.06 bits per heavy atom. The Balaban J connectivity index is 1.60. The second-order valence-corrected chi connectivity index (χ2v) is 6.50. The average molecular weight is 414 g/mol. The summed E-state index contributed by atoms with van der Waals surface area (Å²) in [6, 6.07) is 21.3. The van der Waals surface area contributed by atoms with Crippen molar-refractivity contribution in [2.75, 3.05) is 14.2 Å². The number of ketones is 1. The highest BCUT2D eigenvalue weighted by atomic mass is 16.5. The Bertz CT molecular complexity index is 1100. The third-order valence-electron chi connectivity index (χ3n) is 4.40. The van der Waals surface area contributed by atoms with E-state index in [-0.39, 0.29) is 5.78 Å². The Morgan fingerprint density at radius 2 is 1.39 bits per heavy atom. The summed E-state index contributed by atoms with van der Waals surface area (Å²) in [6.45, 7) is 0. The van der Waals surface area contributed by atoms with Gasteiger partial charge in [-0.3, -0.25) is 4.79 Å². The molecular formula is C26H22O5. The molecule has 0 amide bonds. The molecule has 0 heterocycles. The Morgan fingerprint density at radius 1 is 0.710 bits per heavy atom. The molecule has 0 atom stereocenters. The van der Waals surface area contributed by atoms with Crippen LogP contribution in [0.5, 0.6) is 17.2 Å². The van der Waals surface area contributed by atoms with Crippen molar-refractivity contribution in [2.45, 2.75) is 0 Å². The summed E-state index contributed by atoms with van der Waals surface area (Å²) in [4.78, 5) is 24.4. The molecular weight excluding hydrogens is 392 g/mol. The molecule has 0 saturated carbocycles. The fourth-order valence-corrected chi connectivity index (χ4v) is 2.79. The number of methoxy groups -OCH3 is 2. The van der Waals surface area contributed by atoms with E-state index in [4.69, 9.17) is 14.2 Å². The van der Waals surface area contributed by atoms with Gasteiger partial charge in [0.1, 0.15) is 5.75 Å². The normalized spacial score (nSPS) is 10.9. The molecule has 0 aromatic heterocycles. The lowest BCUT2D eigenvalue weighted by Gasteiger charge is -2.07. The number of esters is 1. The molecule has 0 spiro atoms. The number of carbonyl (C=O) groups is 2. The first-order chi connectivity index (χ1) is 15.1. The van der Waals surface area contributed by atoms with Crippen molar-refractivity contribution >= 4 is 23.9 Å². The second-order valence-electron chi connectivity index (χ2n) is 6.50. The number of hydrogen-bond donors (Lipinski definition) is 0. The van der Waals surface area contributed by atoms with E-state index >= 15 is 0 Å². The molecule has 0 radical (unpaired) electrons. The van der Waals surface area contributed by atoms with Gasteiger partial charge in [0.05, 0.1) is 14.2 Å². The first-order valence-corrected chi connectivity index (χ1v) is 9.58. The lowest BCUT2D eigenvalue weighted by Crippen LogP contribution is -2.04. The Hall–Kier alpha value is -4.12. The summed E-state index contributed by atoms with van der Waals surface area (Å²) < 4.78 is 15.7. The zero-order valence-electron chi connectivity index (χ0n) is 17.3. The zero-order valence-corrected chi connectivity index (χ0v) is 17.3. The summed E-state index contributed by atoms with van der Waals surface area (Å²) >= 11 is 0. The maximum Gasteiger partial charge on any atom is 0.336 e. The minimum absolute atomic E-state index is 0.170. The number of carbonyl (C=O) groups excluding carboxylic acids is 2. The van der Waals surface area contributed by atoms with Gasteiger partial charge in [-0.1, -0.05) is 42.5 Å². The number of ether oxygens (including phenoxy) is 3. The smallest absolute Gasteiger partial charge is 0.336 e. The minimum Gasteiger partial charge on any atom is -0.493 e. The van der Waals surface area contributed by atoms with E-state index in [0.717, 1.165) is 11.1 Å².